The number of Topliss-reactive ketones (excluding diaryl/α,β-unsaturated/α-hetero) is 1. The minimum atomic E-state index is -1.36. The van der Waals surface area contributed by atoms with E-state index < -0.39 is 11.7 Å². The van der Waals surface area contributed by atoms with Crippen LogP contribution in [-0.4, -0.2) is 49.0 Å². The van der Waals surface area contributed by atoms with E-state index in [0.717, 1.165) is 0 Å². The second kappa shape index (κ2) is 7.94. The number of thioether (sulfide) groups is 1. The lowest BCUT2D eigenvalue weighted by molar-refractivity contribution is -0.112. The number of carbonyl (C=O) groups excluding carboxylic acids is 1. The molecule has 0 spiro atoms. The van der Waals surface area contributed by atoms with Crippen LogP contribution in [0.15, 0.2) is 52.3 Å². The van der Waals surface area contributed by atoms with Crippen LogP contribution in [-0.2, 0) is 11.8 Å². The van der Waals surface area contributed by atoms with Gasteiger partial charge in [-0.15, -0.1) is 0 Å². The van der Waals surface area contributed by atoms with Crippen molar-refractivity contribution < 1.29 is 20.1 Å². The molecule has 0 amide bonds. The lowest BCUT2D eigenvalue weighted by Gasteiger charge is -2.14. The van der Waals surface area contributed by atoms with Crippen LogP contribution in [0.3, 0.4) is 0 Å². The van der Waals surface area contributed by atoms with Gasteiger partial charge in [-0.25, -0.2) is 4.98 Å². The summed E-state index contributed by atoms with van der Waals surface area (Å²) < 4.78 is 1.80. The van der Waals surface area contributed by atoms with E-state index in [0.29, 0.717) is 22.9 Å². The number of allylic oxidation sites excluding steroid dienone is 3. The van der Waals surface area contributed by atoms with Gasteiger partial charge in [0.2, 0.25) is 0 Å². The minimum Gasteiger partial charge on any atom is -0.396 e. The Labute approximate surface area is 145 Å². The first kappa shape index (κ1) is 18.7. The van der Waals surface area contributed by atoms with Gasteiger partial charge in [0.25, 0.3) is 0 Å². The highest BCUT2D eigenvalue weighted by molar-refractivity contribution is 8.03. The molecule has 0 aliphatic heterocycles. The first-order chi connectivity index (χ1) is 11.3. The molecule has 1 heterocycles. The molecule has 24 heavy (non-hydrogen) atoms. The third-order valence-electron chi connectivity index (χ3n) is 3.66. The number of hydrogen-bond donors (Lipinski definition) is 3. The van der Waals surface area contributed by atoms with Gasteiger partial charge in [-0.3, -0.25) is 4.79 Å². The molecule has 130 valence electrons. The van der Waals surface area contributed by atoms with E-state index in [4.69, 9.17) is 5.11 Å². The van der Waals surface area contributed by atoms with Crippen molar-refractivity contribution in [1.29, 1.82) is 0 Å². The Hall–Kier alpha value is -1.67. The highest BCUT2D eigenvalue weighted by atomic mass is 32.2. The smallest absolute Gasteiger partial charge is 0.198 e. The Morgan fingerprint density at radius 2 is 2.25 bits per heavy atom. The Kier molecular flexibility index (Phi) is 6.17. The van der Waals surface area contributed by atoms with Crippen LogP contribution in [0.2, 0.25) is 0 Å². The van der Waals surface area contributed by atoms with E-state index in [9.17, 15) is 15.0 Å². The molecule has 1 aliphatic rings. The lowest BCUT2D eigenvalue weighted by Crippen LogP contribution is -2.22. The molecule has 2 unspecified atom stereocenters. The van der Waals surface area contributed by atoms with Crippen molar-refractivity contribution in [2.75, 3.05) is 6.61 Å². The van der Waals surface area contributed by atoms with Crippen LogP contribution in [0, 0.1) is 0 Å². The van der Waals surface area contributed by atoms with Gasteiger partial charge in [0, 0.05) is 31.6 Å². The van der Waals surface area contributed by atoms with Gasteiger partial charge in [-0.2, -0.15) is 0 Å². The van der Waals surface area contributed by atoms with Crippen LogP contribution >= 0.6 is 11.8 Å². The fraction of sp³-hybridized carbons (Fsp3) is 0.412. The average molecular weight is 350 g/mol. The predicted molar refractivity (Wildman–Crippen MR) is 92.3 cm³/mol. The maximum absolute atomic E-state index is 12.5. The maximum Gasteiger partial charge on any atom is 0.198 e. The molecule has 1 aromatic heterocycles. The molecule has 1 aliphatic carbocycles. The largest absolute Gasteiger partial charge is 0.396 e. The highest BCUT2D eigenvalue weighted by Crippen LogP contribution is 2.38. The molecule has 3 N–H and O–H groups in total. The molecular weight excluding hydrogens is 328 g/mol. The molecule has 7 heteroatoms. The van der Waals surface area contributed by atoms with E-state index in [1.54, 1.807) is 30.0 Å². The number of aliphatic hydroxyl groups is 3. The first-order valence-electron chi connectivity index (χ1n) is 7.68. The molecule has 0 radical (unpaired) electrons. The fourth-order valence-corrected chi connectivity index (χ4v) is 3.31. The van der Waals surface area contributed by atoms with Gasteiger partial charge in [-0.05, 0) is 37.6 Å². The predicted octanol–water partition coefficient (Wildman–Crippen LogP) is 1.35. The monoisotopic (exact) mass is 350 g/mol. The molecule has 2 atom stereocenters. The number of hydrogen-bond acceptors (Lipinski definition) is 6. The Morgan fingerprint density at radius 1 is 1.50 bits per heavy atom. The summed E-state index contributed by atoms with van der Waals surface area (Å²) in [5.41, 5.74) is -1.10. The van der Waals surface area contributed by atoms with Crippen LogP contribution in [0.1, 0.15) is 19.8 Å². The first-order valence-corrected chi connectivity index (χ1v) is 8.50. The molecule has 0 fully saturated rings. The summed E-state index contributed by atoms with van der Waals surface area (Å²) >= 11 is 1.21. The van der Waals surface area contributed by atoms with Crippen molar-refractivity contribution in [3.05, 3.63) is 47.2 Å². The van der Waals surface area contributed by atoms with E-state index in [-0.39, 0.29) is 18.0 Å². The quantitative estimate of drug-likeness (QED) is 0.643. The highest BCUT2D eigenvalue weighted by Gasteiger charge is 2.38. The summed E-state index contributed by atoms with van der Waals surface area (Å²) in [5, 5.41) is 29.6. The zero-order valence-corrected chi connectivity index (χ0v) is 14.5. The van der Waals surface area contributed by atoms with Crippen LogP contribution in [0.5, 0.6) is 0 Å². The number of ketones is 1. The summed E-state index contributed by atoms with van der Waals surface area (Å²) in [5.74, 6) is -0.248. The van der Waals surface area contributed by atoms with Crippen molar-refractivity contribution in [3.8, 4) is 0 Å². The minimum absolute atomic E-state index is 0.0247. The zero-order valence-electron chi connectivity index (χ0n) is 13.7. The third kappa shape index (κ3) is 4.45. The van der Waals surface area contributed by atoms with Gasteiger partial charge in [0.1, 0.15) is 5.60 Å². The SMILES string of the molecule is Cn1ccnc1SC1=CC(C)(O)/C(=C\C=C/C(O)CCCO)C1=O. The normalized spacial score (nSPS) is 24.1. The zero-order chi connectivity index (χ0) is 17.7. The molecular formula is C17H22N2O4S. The van der Waals surface area contributed by atoms with Crippen molar-refractivity contribution in [2.45, 2.75) is 36.6 Å². The number of carbonyl (C=O) groups is 1. The fourth-order valence-electron chi connectivity index (χ4n) is 2.31. The maximum atomic E-state index is 12.5. The van der Waals surface area contributed by atoms with E-state index in [1.165, 1.54) is 30.0 Å². The average Bonchev–Trinajstić information content (AvgIpc) is 3.01. The molecule has 0 aromatic carbocycles. The molecule has 0 bridgehead atoms. The summed E-state index contributed by atoms with van der Waals surface area (Å²) in [7, 11) is 1.83. The van der Waals surface area contributed by atoms with Crippen molar-refractivity contribution in [1.82, 2.24) is 9.55 Å². The number of nitrogens with zero attached hydrogens (tertiary/aromatic N) is 2. The molecule has 0 saturated heterocycles. The molecule has 6 nitrogen and oxygen atoms in total. The van der Waals surface area contributed by atoms with Gasteiger partial charge in [0.05, 0.1) is 11.0 Å². The van der Waals surface area contributed by atoms with Crippen LogP contribution < -0.4 is 0 Å². The number of aliphatic hydroxyl groups excluding tert-OH is 2. The lowest BCUT2D eigenvalue weighted by atomic mass is 9.98. The van der Waals surface area contributed by atoms with E-state index in [2.05, 4.69) is 4.98 Å². The molecule has 0 saturated carbocycles. The number of rotatable bonds is 7. The van der Waals surface area contributed by atoms with Crippen molar-refractivity contribution in [2.24, 2.45) is 7.05 Å². The molecule has 1 aromatic rings. The van der Waals surface area contributed by atoms with E-state index >= 15 is 0 Å². The summed E-state index contributed by atoms with van der Waals surface area (Å²) in [6, 6.07) is 0. The second-order valence-electron chi connectivity index (χ2n) is 5.81. The van der Waals surface area contributed by atoms with E-state index in [1.807, 2.05) is 7.05 Å². The van der Waals surface area contributed by atoms with Crippen LogP contribution in [0.4, 0.5) is 0 Å². The standard InChI is InChI=1S/C17H22N2O4S/c1-17(23)11-14(24-16-18-8-9-19(16)2)15(22)13(17)7-3-5-12(21)6-4-10-20/h3,5,7-9,11-12,20-21,23H,4,6,10H2,1-2H3/b5-3-,13-7-. The van der Waals surface area contributed by atoms with Crippen molar-refractivity contribution >= 4 is 17.5 Å². The topological polar surface area (TPSA) is 95.6 Å². The summed E-state index contributed by atoms with van der Waals surface area (Å²) in [6.45, 7) is 1.58. The number of aromatic nitrogens is 2. The third-order valence-corrected chi connectivity index (χ3v) is 4.76. The number of imidazole rings is 1. The number of aryl methyl sites for hydroxylation is 1. The summed E-state index contributed by atoms with van der Waals surface area (Å²) in [6.07, 6.45) is 9.83. The van der Waals surface area contributed by atoms with Crippen molar-refractivity contribution in [3.63, 3.8) is 0 Å². The van der Waals surface area contributed by atoms with Crippen LogP contribution in [0.25, 0.3) is 0 Å². The Morgan fingerprint density at radius 3 is 2.88 bits per heavy atom. The second-order valence-corrected chi connectivity index (χ2v) is 6.82. The Balaban J connectivity index is 2.10. The molecule has 2 rings (SSSR count). The van der Waals surface area contributed by atoms with Gasteiger partial charge < -0.3 is 19.9 Å². The summed E-state index contributed by atoms with van der Waals surface area (Å²) in [4.78, 5) is 17.1. The van der Waals surface area contributed by atoms with Gasteiger partial charge >= 0.3 is 0 Å². The van der Waals surface area contributed by atoms with Gasteiger partial charge in [-0.1, -0.05) is 18.2 Å². The Bertz CT molecular complexity index is 689. The van der Waals surface area contributed by atoms with Gasteiger partial charge in [0.15, 0.2) is 10.9 Å².